The van der Waals surface area contributed by atoms with E-state index in [4.69, 9.17) is 14.5 Å². The highest BCUT2D eigenvalue weighted by Crippen LogP contribution is 2.37. The maximum atomic E-state index is 13.4. The van der Waals surface area contributed by atoms with Crippen LogP contribution in [0.1, 0.15) is 43.3 Å². The summed E-state index contributed by atoms with van der Waals surface area (Å²) < 4.78 is 14.6. The van der Waals surface area contributed by atoms with Crippen LogP contribution in [-0.4, -0.2) is 23.0 Å². The van der Waals surface area contributed by atoms with Gasteiger partial charge in [-0.15, -0.1) is 0 Å². The standard InChI is InChI=1S/C28H27Br2N3O3/c1-17-7-6-8-18(11-17)16-36-25-22(30)12-19(13-24(25)35-5)15-31-33-26(34)21-14-20(29)9-10-23(21)32-27(33)28(2,3)4/h6-15H,16H2,1-5H3. The molecule has 1 heterocycles. The van der Waals surface area contributed by atoms with Crippen LogP contribution in [0, 0.1) is 6.92 Å². The number of hydrogen-bond donors (Lipinski definition) is 0. The van der Waals surface area contributed by atoms with Gasteiger partial charge in [0.05, 0.1) is 28.7 Å². The van der Waals surface area contributed by atoms with Gasteiger partial charge in [0.1, 0.15) is 12.4 Å². The van der Waals surface area contributed by atoms with Crippen LogP contribution in [0.25, 0.3) is 10.9 Å². The van der Waals surface area contributed by atoms with E-state index in [1.54, 1.807) is 19.4 Å². The molecule has 0 aliphatic carbocycles. The highest BCUT2D eigenvalue weighted by molar-refractivity contribution is 9.10. The van der Waals surface area contributed by atoms with E-state index in [2.05, 4.69) is 56.0 Å². The number of fused-ring (bicyclic) bond motifs is 1. The van der Waals surface area contributed by atoms with Crippen molar-refractivity contribution in [2.75, 3.05) is 7.11 Å². The molecule has 3 aromatic carbocycles. The average molecular weight is 613 g/mol. The van der Waals surface area contributed by atoms with E-state index in [1.165, 1.54) is 10.2 Å². The van der Waals surface area contributed by atoms with Crippen molar-refractivity contribution in [3.05, 3.63) is 96.4 Å². The number of benzene rings is 3. The summed E-state index contributed by atoms with van der Waals surface area (Å²) in [7, 11) is 1.59. The van der Waals surface area contributed by atoms with Crippen molar-refractivity contribution in [1.29, 1.82) is 0 Å². The van der Waals surface area contributed by atoms with Crippen LogP contribution in [0.3, 0.4) is 0 Å². The molecule has 0 radical (unpaired) electrons. The Morgan fingerprint density at radius 3 is 2.56 bits per heavy atom. The van der Waals surface area contributed by atoms with Crippen LogP contribution in [0.2, 0.25) is 0 Å². The smallest absolute Gasteiger partial charge is 0.282 e. The van der Waals surface area contributed by atoms with Gasteiger partial charge in [0.25, 0.3) is 5.56 Å². The summed E-state index contributed by atoms with van der Waals surface area (Å²) in [6.07, 6.45) is 1.62. The molecule has 0 saturated heterocycles. The Labute approximate surface area is 227 Å². The molecule has 0 amide bonds. The summed E-state index contributed by atoms with van der Waals surface area (Å²) in [5.74, 6) is 1.73. The van der Waals surface area contributed by atoms with Crippen molar-refractivity contribution in [3.8, 4) is 11.5 Å². The third-order valence-electron chi connectivity index (χ3n) is 5.52. The molecular weight excluding hydrogens is 586 g/mol. The molecule has 0 unspecified atom stereocenters. The van der Waals surface area contributed by atoms with Gasteiger partial charge in [-0.05, 0) is 64.3 Å². The third kappa shape index (κ3) is 5.71. The van der Waals surface area contributed by atoms with Crippen LogP contribution in [0.15, 0.2) is 73.4 Å². The molecule has 0 saturated carbocycles. The van der Waals surface area contributed by atoms with Gasteiger partial charge in [0.15, 0.2) is 11.5 Å². The number of aromatic nitrogens is 2. The fourth-order valence-electron chi connectivity index (χ4n) is 3.78. The molecule has 0 bridgehead atoms. The minimum atomic E-state index is -0.399. The summed E-state index contributed by atoms with van der Waals surface area (Å²) in [5, 5.41) is 5.05. The normalized spacial score (nSPS) is 11.9. The number of methoxy groups -OCH3 is 1. The molecular formula is C28H27Br2N3O3. The molecule has 1 aromatic heterocycles. The molecule has 36 heavy (non-hydrogen) atoms. The van der Waals surface area contributed by atoms with Crippen LogP contribution in [0.4, 0.5) is 0 Å². The lowest BCUT2D eigenvalue weighted by molar-refractivity contribution is 0.282. The predicted octanol–water partition coefficient (Wildman–Crippen LogP) is 7.00. The van der Waals surface area contributed by atoms with Gasteiger partial charge in [-0.2, -0.15) is 9.78 Å². The summed E-state index contributed by atoms with van der Waals surface area (Å²) >= 11 is 7.04. The third-order valence-corrected chi connectivity index (χ3v) is 6.60. The van der Waals surface area contributed by atoms with Crippen LogP contribution in [0.5, 0.6) is 11.5 Å². The van der Waals surface area contributed by atoms with Crippen LogP contribution < -0.4 is 15.0 Å². The van der Waals surface area contributed by atoms with Gasteiger partial charge in [0.2, 0.25) is 0 Å². The number of halogens is 2. The van der Waals surface area contributed by atoms with Crippen molar-refractivity contribution < 1.29 is 9.47 Å². The number of aryl methyl sites for hydroxylation is 1. The number of ether oxygens (including phenoxy) is 2. The van der Waals surface area contributed by atoms with Crippen LogP contribution in [-0.2, 0) is 12.0 Å². The first-order valence-electron chi connectivity index (χ1n) is 11.4. The summed E-state index contributed by atoms with van der Waals surface area (Å²) in [5.41, 5.74) is 2.99. The Hall–Kier alpha value is -2.97. The molecule has 0 atom stereocenters. The number of rotatable bonds is 6. The fraction of sp³-hybridized carbons (Fsp3) is 0.250. The van der Waals surface area contributed by atoms with Crippen LogP contribution >= 0.6 is 31.9 Å². The van der Waals surface area contributed by atoms with Gasteiger partial charge in [-0.3, -0.25) is 4.79 Å². The monoisotopic (exact) mass is 611 g/mol. The summed E-state index contributed by atoms with van der Waals surface area (Å²) in [4.78, 5) is 18.2. The van der Waals surface area contributed by atoms with Crippen molar-refractivity contribution >= 4 is 49.0 Å². The quantitative estimate of drug-likeness (QED) is 0.220. The zero-order valence-electron chi connectivity index (χ0n) is 20.8. The zero-order valence-corrected chi connectivity index (χ0v) is 24.0. The van der Waals surface area contributed by atoms with Gasteiger partial charge in [0, 0.05) is 9.89 Å². The first-order valence-corrected chi connectivity index (χ1v) is 13.0. The van der Waals surface area contributed by atoms with E-state index < -0.39 is 5.41 Å². The molecule has 186 valence electrons. The molecule has 6 nitrogen and oxygen atoms in total. The van der Waals surface area contributed by atoms with Gasteiger partial charge in [-0.1, -0.05) is 66.5 Å². The Kier molecular flexibility index (Phi) is 7.66. The minimum Gasteiger partial charge on any atom is -0.493 e. The van der Waals surface area contributed by atoms with Crippen molar-refractivity contribution in [2.24, 2.45) is 5.10 Å². The Morgan fingerprint density at radius 2 is 1.86 bits per heavy atom. The molecule has 0 fully saturated rings. The van der Waals surface area contributed by atoms with Gasteiger partial charge < -0.3 is 9.47 Å². The van der Waals surface area contributed by atoms with E-state index in [1.807, 2.05) is 57.2 Å². The first-order chi connectivity index (χ1) is 17.1. The number of hydrogen-bond acceptors (Lipinski definition) is 5. The molecule has 0 N–H and O–H groups in total. The Bertz CT molecular complexity index is 1520. The van der Waals surface area contributed by atoms with Crippen molar-refractivity contribution in [2.45, 2.75) is 39.7 Å². The first kappa shape index (κ1) is 26.1. The minimum absolute atomic E-state index is 0.230. The summed E-state index contributed by atoms with van der Waals surface area (Å²) in [6.45, 7) is 8.48. The van der Waals surface area contributed by atoms with E-state index in [9.17, 15) is 4.79 Å². The molecule has 4 aromatic rings. The Balaban J connectivity index is 1.71. The second-order valence-electron chi connectivity index (χ2n) is 9.52. The molecule has 4 rings (SSSR count). The van der Waals surface area contributed by atoms with Crippen molar-refractivity contribution in [1.82, 2.24) is 9.66 Å². The maximum absolute atomic E-state index is 13.4. The highest BCUT2D eigenvalue weighted by Gasteiger charge is 2.23. The predicted molar refractivity (Wildman–Crippen MR) is 152 cm³/mol. The lowest BCUT2D eigenvalue weighted by atomic mass is 9.95. The van der Waals surface area contributed by atoms with E-state index >= 15 is 0 Å². The van der Waals surface area contributed by atoms with E-state index in [0.717, 1.165) is 20.1 Å². The largest absolute Gasteiger partial charge is 0.493 e. The topological polar surface area (TPSA) is 65.7 Å². The maximum Gasteiger partial charge on any atom is 0.282 e. The highest BCUT2D eigenvalue weighted by atomic mass is 79.9. The molecule has 0 aliphatic rings. The molecule has 0 aliphatic heterocycles. The molecule has 8 heteroatoms. The van der Waals surface area contributed by atoms with Gasteiger partial charge >= 0.3 is 0 Å². The second kappa shape index (κ2) is 10.6. The van der Waals surface area contributed by atoms with E-state index in [-0.39, 0.29) is 5.56 Å². The fourth-order valence-corrected chi connectivity index (χ4v) is 4.71. The summed E-state index contributed by atoms with van der Waals surface area (Å²) in [6, 6.07) is 17.3. The van der Waals surface area contributed by atoms with Crippen molar-refractivity contribution in [3.63, 3.8) is 0 Å². The average Bonchev–Trinajstić information content (AvgIpc) is 2.82. The second-order valence-corrected chi connectivity index (χ2v) is 11.3. The lowest BCUT2D eigenvalue weighted by Crippen LogP contribution is -2.29. The molecule has 0 spiro atoms. The van der Waals surface area contributed by atoms with Gasteiger partial charge in [-0.25, -0.2) is 4.98 Å². The Morgan fingerprint density at radius 1 is 1.08 bits per heavy atom. The zero-order chi connectivity index (χ0) is 26.0. The SMILES string of the molecule is COc1cc(C=Nn2c(C(C)(C)C)nc3ccc(Br)cc3c2=O)cc(Br)c1OCc1cccc(C)c1. The lowest BCUT2D eigenvalue weighted by Gasteiger charge is -2.21. The number of nitrogens with zero attached hydrogens (tertiary/aromatic N) is 3. The van der Waals surface area contributed by atoms with E-state index in [0.29, 0.717) is 34.8 Å².